The number of hydrogen-bond donors (Lipinski definition) is 1. The van der Waals surface area contributed by atoms with Crippen LogP contribution in [0.25, 0.3) is 16.8 Å². The smallest absolute Gasteiger partial charge is 0.202 e. The Morgan fingerprint density at radius 1 is 1.00 bits per heavy atom. The van der Waals surface area contributed by atoms with Crippen LogP contribution in [0.15, 0.2) is 84.0 Å². The van der Waals surface area contributed by atoms with Gasteiger partial charge in [0.2, 0.25) is 5.78 Å². The van der Waals surface area contributed by atoms with Crippen LogP contribution in [-0.2, 0) is 16.4 Å². The molecule has 3 aromatic carbocycles. The lowest BCUT2D eigenvalue weighted by molar-refractivity contribution is 0.0922. The molecular formula is C26H23N3O4S. The van der Waals surface area contributed by atoms with Gasteiger partial charge < -0.3 is 4.74 Å². The molecule has 0 saturated carbocycles. The van der Waals surface area contributed by atoms with Crippen molar-refractivity contribution in [1.82, 2.24) is 14.9 Å². The number of nitrogens with zero attached hydrogens (tertiary/aromatic N) is 2. The van der Waals surface area contributed by atoms with E-state index in [2.05, 4.69) is 10.3 Å². The quantitative estimate of drug-likeness (QED) is 0.472. The first-order chi connectivity index (χ1) is 16.4. The third-order valence-electron chi connectivity index (χ3n) is 6.00. The second-order valence-electron chi connectivity index (χ2n) is 8.18. The molecule has 1 atom stereocenters. The highest BCUT2D eigenvalue weighted by atomic mass is 32.2. The van der Waals surface area contributed by atoms with Gasteiger partial charge in [0, 0.05) is 24.1 Å². The van der Waals surface area contributed by atoms with E-state index in [0.717, 1.165) is 22.6 Å². The van der Waals surface area contributed by atoms with Gasteiger partial charge in [-0.1, -0.05) is 42.5 Å². The standard InChI is InChI=1S/C26H23N3O4S/c1-33-20-13-11-19(12-14-20)29-16-28-22-15-27-24(26(30)25(22)29)18-9-7-17(8-10-18)21-5-3-4-6-23(21)34(2,31)32/h3-14,16,24,27H,15H2,1-2H3. The van der Waals surface area contributed by atoms with Gasteiger partial charge in [0.1, 0.15) is 17.8 Å². The van der Waals surface area contributed by atoms with Crippen molar-refractivity contribution in [3.8, 4) is 22.6 Å². The van der Waals surface area contributed by atoms with Crippen LogP contribution in [0.5, 0.6) is 5.75 Å². The molecule has 0 spiro atoms. The highest BCUT2D eigenvalue weighted by Crippen LogP contribution is 2.31. The minimum atomic E-state index is -3.37. The SMILES string of the molecule is COc1ccc(-n2cnc3c2C(=O)C(c2ccc(-c4ccccc4S(C)(=O)=O)cc2)NC3)cc1. The molecule has 1 aliphatic heterocycles. The lowest BCUT2D eigenvalue weighted by atomic mass is 9.94. The van der Waals surface area contributed by atoms with E-state index in [1.54, 1.807) is 31.6 Å². The van der Waals surface area contributed by atoms with Crippen molar-refractivity contribution in [2.45, 2.75) is 17.5 Å². The Morgan fingerprint density at radius 2 is 1.71 bits per heavy atom. The third kappa shape index (κ3) is 3.91. The highest BCUT2D eigenvalue weighted by Gasteiger charge is 2.32. The zero-order chi connectivity index (χ0) is 23.9. The van der Waals surface area contributed by atoms with E-state index in [1.807, 2.05) is 59.2 Å². The molecule has 2 heterocycles. The Morgan fingerprint density at radius 3 is 2.38 bits per heavy atom. The predicted molar refractivity (Wildman–Crippen MR) is 129 cm³/mol. The zero-order valence-electron chi connectivity index (χ0n) is 18.7. The molecule has 1 N–H and O–H groups in total. The molecular weight excluding hydrogens is 450 g/mol. The van der Waals surface area contributed by atoms with Crippen LogP contribution in [0, 0.1) is 0 Å². The number of ether oxygens (including phenoxy) is 1. The number of sulfone groups is 1. The summed E-state index contributed by atoms with van der Waals surface area (Å²) in [6, 6.07) is 21.3. The van der Waals surface area contributed by atoms with Gasteiger partial charge in [-0.25, -0.2) is 13.4 Å². The van der Waals surface area contributed by atoms with E-state index in [0.29, 0.717) is 23.5 Å². The summed E-state index contributed by atoms with van der Waals surface area (Å²) in [7, 11) is -1.76. The number of carbonyl (C=O) groups is 1. The van der Waals surface area contributed by atoms with Crippen molar-refractivity contribution >= 4 is 15.6 Å². The zero-order valence-corrected chi connectivity index (χ0v) is 19.5. The lowest BCUT2D eigenvalue weighted by Gasteiger charge is -2.24. The number of ketones is 1. The minimum absolute atomic E-state index is 0.0705. The monoisotopic (exact) mass is 473 g/mol. The van der Waals surface area contributed by atoms with Crippen LogP contribution in [0.4, 0.5) is 0 Å². The van der Waals surface area contributed by atoms with Crippen LogP contribution >= 0.6 is 0 Å². The van der Waals surface area contributed by atoms with Crippen molar-refractivity contribution in [2.75, 3.05) is 13.4 Å². The Hall–Kier alpha value is -3.75. The summed E-state index contributed by atoms with van der Waals surface area (Å²) in [5.41, 5.74) is 4.31. The van der Waals surface area contributed by atoms with Gasteiger partial charge in [0.25, 0.3) is 0 Å². The van der Waals surface area contributed by atoms with E-state index >= 15 is 0 Å². The normalized spacial score (nSPS) is 15.7. The number of fused-ring (bicyclic) bond motifs is 1. The van der Waals surface area contributed by atoms with E-state index in [9.17, 15) is 13.2 Å². The summed E-state index contributed by atoms with van der Waals surface area (Å²) < 4.78 is 31.4. The van der Waals surface area contributed by atoms with Crippen LogP contribution in [0.1, 0.15) is 27.8 Å². The number of methoxy groups -OCH3 is 1. The Bertz CT molecular complexity index is 1470. The van der Waals surface area contributed by atoms with Crippen molar-refractivity contribution in [3.05, 3.63) is 96.1 Å². The van der Waals surface area contributed by atoms with Gasteiger partial charge in [0.15, 0.2) is 9.84 Å². The second-order valence-corrected chi connectivity index (χ2v) is 10.2. The summed E-state index contributed by atoms with van der Waals surface area (Å²) in [6.07, 6.45) is 2.87. The second kappa shape index (κ2) is 8.55. The molecule has 0 bridgehead atoms. The van der Waals surface area contributed by atoms with Crippen LogP contribution in [0.2, 0.25) is 0 Å². The maximum atomic E-state index is 13.5. The van der Waals surface area contributed by atoms with E-state index in [-0.39, 0.29) is 10.7 Å². The molecule has 1 aromatic heterocycles. The summed E-state index contributed by atoms with van der Waals surface area (Å²) >= 11 is 0. The highest BCUT2D eigenvalue weighted by molar-refractivity contribution is 7.90. The van der Waals surface area contributed by atoms with Gasteiger partial charge >= 0.3 is 0 Å². The largest absolute Gasteiger partial charge is 0.497 e. The van der Waals surface area contributed by atoms with Gasteiger partial charge in [-0.05, 0) is 41.5 Å². The maximum Gasteiger partial charge on any atom is 0.202 e. The number of Topliss-reactive ketones (excluding diaryl/α,β-unsaturated/α-hetero) is 1. The first-order valence-corrected chi connectivity index (χ1v) is 12.6. The summed E-state index contributed by atoms with van der Waals surface area (Å²) in [4.78, 5) is 18.2. The Kier molecular flexibility index (Phi) is 5.55. The molecule has 1 aliphatic rings. The van der Waals surface area contributed by atoms with Crippen LogP contribution in [0.3, 0.4) is 0 Å². The van der Waals surface area contributed by atoms with Gasteiger partial charge in [-0.15, -0.1) is 0 Å². The Labute approximate surface area is 198 Å². The lowest BCUT2D eigenvalue weighted by Crippen LogP contribution is -2.35. The molecule has 5 rings (SSSR count). The average molecular weight is 474 g/mol. The molecule has 1 unspecified atom stereocenters. The van der Waals surface area contributed by atoms with Crippen molar-refractivity contribution in [3.63, 3.8) is 0 Å². The maximum absolute atomic E-state index is 13.5. The first-order valence-electron chi connectivity index (χ1n) is 10.7. The third-order valence-corrected chi connectivity index (χ3v) is 7.16. The fraction of sp³-hybridized carbons (Fsp3) is 0.154. The number of hydrogen-bond acceptors (Lipinski definition) is 6. The Balaban J connectivity index is 1.47. The van der Waals surface area contributed by atoms with Gasteiger partial charge in [-0.2, -0.15) is 0 Å². The van der Waals surface area contributed by atoms with Gasteiger partial charge in [-0.3, -0.25) is 14.7 Å². The molecule has 0 aliphatic carbocycles. The molecule has 7 nitrogen and oxygen atoms in total. The number of imidazole rings is 1. The topological polar surface area (TPSA) is 90.3 Å². The average Bonchev–Trinajstić information content (AvgIpc) is 3.29. The summed E-state index contributed by atoms with van der Waals surface area (Å²) in [5, 5.41) is 3.28. The fourth-order valence-electron chi connectivity index (χ4n) is 4.30. The fourth-order valence-corrected chi connectivity index (χ4v) is 5.21. The molecule has 8 heteroatoms. The predicted octanol–water partition coefficient (Wildman–Crippen LogP) is 3.98. The molecule has 34 heavy (non-hydrogen) atoms. The van der Waals surface area contributed by atoms with Crippen LogP contribution < -0.4 is 10.1 Å². The molecule has 4 aromatic rings. The minimum Gasteiger partial charge on any atom is -0.497 e. The molecule has 0 radical (unpaired) electrons. The van der Waals surface area contributed by atoms with Crippen molar-refractivity contribution < 1.29 is 17.9 Å². The van der Waals surface area contributed by atoms with E-state index in [4.69, 9.17) is 4.74 Å². The van der Waals surface area contributed by atoms with Crippen molar-refractivity contribution in [1.29, 1.82) is 0 Å². The number of carbonyl (C=O) groups excluding carboxylic acids is 1. The van der Waals surface area contributed by atoms with Crippen molar-refractivity contribution in [2.24, 2.45) is 0 Å². The number of nitrogens with one attached hydrogen (secondary N) is 1. The van der Waals surface area contributed by atoms with Crippen LogP contribution in [-0.4, -0.2) is 37.1 Å². The summed E-state index contributed by atoms with van der Waals surface area (Å²) in [6.45, 7) is 0.466. The molecule has 0 saturated heterocycles. The number of aromatic nitrogens is 2. The molecule has 0 fully saturated rings. The molecule has 172 valence electrons. The number of rotatable bonds is 5. The first kappa shape index (κ1) is 22.1. The van der Waals surface area contributed by atoms with Gasteiger partial charge in [0.05, 0.1) is 23.7 Å². The molecule has 0 amide bonds. The van der Waals surface area contributed by atoms with E-state index < -0.39 is 15.9 Å². The summed E-state index contributed by atoms with van der Waals surface area (Å²) in [5.74, 6) is 0.667. The number of benzene rings is 3. The van der Waals surface area contributed by atoms with E-state index in [1.165, 1.54) is 6.26 Å².